The molecule has 2 aromatic carbocycles. The van der Waals surface area contributed by atoms with Crippen molar-refractivity contribution < 1.29 is 9.53 Å². The second-order valence-electron chi connectivity index (χ2n) is 6.92. The number of ether oxygens (including phenoxy) is 1. The van der Waals surface area contributed by atoms with Gasteiger partial charge in [0.2, 0.25) is 0 Å². The Hall–Kier alpha value is -2.75. The number of benzene rings is 2. The molecule has 0 bridgehead atoms. The third kappa shape index (κ3) is 2.78. The zero-order valence-corrected chi connectivity index (χ0v) is 14.6. The lowest BCUT2D eigenvalue weighted by Crippen LogP contribution is -2.34. The molecule has 3 aromatic rings. The van der Waals surface area contributed by atoms with Gasteiger partial charge in [0, 0.05) is 41.7 Å². The molecule has 4 heteroatoms. The molecule has 1 saturated carbocycles. The van der Waals surface area contributed by atoms with Crippen molar-refractivity contribution in [3.63, 3.8) is 0 Å². The molecule has 0 saturated heterocycles. The highest BCUT2D eigenvalue weighted by molar-refractivity contribution is 5.94. The third-order valence-electron chi connectivity index (χ3n) is 5.22. The Morgan fingerprint density at radius 1 is 1.20 bits per heavy atom. The van der Waals surface area contributed by atoms with E-state index in [0.717, 1.165) is 24.9 Å². The lowest BCUT2D eigenvalue weighted by Gasteiger charge is -2.24. The van der Waals surface area contributed by atoms with Crippen LogP contribution in [0.5, 0.6) is 5.75 Å². The number of likely N-dealkylation sites (N-methyl/N-ethyl adjacent to an activating group) is 1. The molecular formula is C21H22N2O2. The Kier molecular flexibility index (Phi) is 3.75. The molecule has 0 radical (unpaired) electrons. The van der Waals surface area contributed by atoms with Crippen molar-refractivity contribution in [1.82, 2.24) is 9.88 Å². The van der Waals surface area contributed by atoms with Crippen LogP contribution in [0.1, 0.15) is 28.8 Å². The topological polar surface area (TPSA) is 45.3 Å². The molecule has 0 atom stereocenters. The maximum absolute atomic E-state index is 12.8. The molecule has 1 aliphatic rings. The number of hydrogen-bond acceptors (Lipinski definition) is 2. The van der Waals surface area contributed by atoms with Gasteiger partial charge in [-0.3, -0.25) is 4.79 Å². The Morgan fingerprint density at radius 2 is 2.00 bits per heavy atom. The van der Waals surface area contributed by atoms with Gasteiger partial charge in [0.05, 0.1) is 7.11 Å². The molecule has 4 nitrogen and oxygen atoms in total. The van der Waals surface area contributed by atoms with E-state index in [0.29, 0.717) is 11.3 Å². The number of fused-ring (bicyclic) bond motifs is 1. The molecule has 1 amide bonds. The number of carbonyl (C=O) groups excluding carboxylic acids is 1. The lowest BCUT2D eigenvalue weighted by molar-refractivity contribution is 0.0781. The number of carbonyl (C=O) groups is 1. The minimum Gasteiger partial charge on any atom is -0.497 e. The number of H-pyrrole nitrogens is 1. The fourth-order valence-corrected chi connectivity index (χ4v) is 3.68. The molecule has 4 rings (SSSR count). The average molecular weight is 334 g/mol. The van der Waals surface area contributed by atoms with Gasteiger partial charge in [-0.2, -0.15) is 0 Å². The first-order valence-electron chi connectivity index (χ1n) is 8.59. The van der Waals surface area contributed by atoms with Crippen LogP contribution >= 0.6 is 0 Å². The number of nitrogens with one attached hydrogen (secondary N) is 1. The van der Waals surface area contributed by atoms with Crippen LogP contribution in [0, 0.1) is 0 Å². The standard InChI is InChI=1S/C21H22N2O2/c1-23(20(24)15-6-5-7-16(12-15)25-2)14-21(10-11-21)18-13-22-19-9-4-3-8-17(18)19/h3-9,12-13,22H,10-11,14H2,1-2H3. The average Bonchev–Trinajstić information content (AvgIpc) is 3.29. The van der Waals surface area contributed by atoms with Crippen molar-refractivity contribution in [2.75, 3.05) is 20.7 Å². The van der Waals surface area contributed by atoms with E-state index in [9.17, 15) is 4.79 Å². The summed E-state index contributed by atoms with van der Waals surface area (Å²) >= 11 is 0. The molecule has 1 heterocycles. The molecule has 0 unspecified atom stereocenters. The van der Waals surface area contributed by atoms with E-state index in [-0.39, 0.29) is 11.3 Å². The maximum atomic E-state index is 12.8. The van der Waals surface area contributed by atoms with Crippen molar-refractivity contribution in [2.24, 2.45) is 0 Å². The smallest absolute Gasteiger partial charge is 0.253 e. The number of hydrogen-bond donors (Lipinski definition) is 1. The minimum atomic E-state index is 0.0324. The Balaban J connectivity index is 1.57. The van der Waals surface area contributed by atoms with Crippen LogP contribution in [0.15, 0.2) is 54.7 Å². The summed E-state index contributed by atoms with van der Waals surface area (Å²) in [5.74, 6) is 0.738. The largest absolute Gasteiger partial charge is 0.497 e. The first-order valence-corrected chi connectivity index (χ1v) is 8.59. The van der Waals surface area contributed by atoms with Gasteiger partial charge in [0.15, 0.2) is 0 Å². The summed E-state index contributed by atoms with van der Waals surface area (Å²) < 4.78 is 5.23. The van der Waals surface area contributed by atoms with Gasteiger partial charge < -0.3 is 14.6 Å². The molecule has 1 aromatic heterocycles. The monoisotopic (exact) mass is 334 g/mol. The van der Waals surface area contributed by atoms with Crippen LogP contribution in [-0.4, -0.2) is 36.5 Å². The van der Waals surface area contributed by atoms with Crippen molar-refractivity contribution in [1.29, 1.82) is 0 Å². The van der Waals surface area contributed by atoms with Crippen LogP contribution in [0.25, 0.3) is 10.9 Å². The molecule has 0 spiro atoms. The summed E-state index contributed by atoms with van der Waals surface area (Å²) in [7, 11) is 3.50. The second-order valence-corrected chi connectivity index (χ2v) is 6.92. The summed E-state index contributed by atoms with van der Waals surface area (Å²) in [4.78, 5) is 18.0. The number of amides is 1. The van der Waals surface area contributed by atoms with Crippen molar-refractivity contribution in [2.45, 2.75) is 18.3 Å². The van der Waals surface area contributed by atoms with Gasteiger partial charge in [-0.05, 0) is 42.7 Å². The molecule has 0 aliphatic heterocycles. The Labute approximate surface area is 147 Å². The SMILES string of the molecule is COc1cccc(C(=O)N(C)CC2(c3c[nH]c4ccccc34)CC2)c1. The van der Waals surface area contributed by atoms with Crippen LogP contribution in [0.4, 0.5) is 0 Å². The van der Waals surface area contributed by atoms with E-state index in [2.05, 4.69) is 29.4 Å². The minimum absolute atomic E-state index is 0.0324. The first kappa shape index (κ1) is 15.8. The number of nitrogens with zero attached hydrogens (tertiary/aromatic N) is 1. The maximum Gasteiger partial charge on any atom is 0.253 e. The van der Waals surface area contributed by atoms with Gasteiger partial charge in [-0.1, -0.05) is 24.3 Å². The number of aromatic amines is 1. The number of para-hydroxylation sites is 1. The van der Waals surface area contributed by atoms with Crippen LogP contribution in [0.2, 0.25) is 0 Å². The number of rotatable bonds is 5. The summed E-state index contributed by atoms with van der Waals surface area (Å²) in [5, 5.41) is 1.27. The molecule has 1 N–H and O–H groups in total. The first-order chi connectivity index (χ1) is 12.1. The summed E-state index contributed by atoms with van der Waals surface area (Å²) in [6, 6.07) is 15.7. The number of aromatic nitrogens is 1. The molecular weight excluding hydrogens is 312 g/mol. The van der Waals surface area contributed by atoms with Crippen LogP contribution in [-0.2, 0) is 5.41 Å². The van der Waals surface area contributed by atoms with E-state index in [1.165, 1.54) is 10.9 Å². The van der Waals surface area contributed by atoms with E-state index in [1.807, 2.05) is 36.2 Å². The van der Waals surface area contributed by atoms with Gasteiger partial charge >= 0.3 is 0 Å². The second kappa shape index (κ2) is 5.96. The Morgan fingerprint density at radius 3 is 2.76 bits per heavy atom. The fraction of sp³-hybridized carbons (Fsp3) is 0.286. The molecule has 25 heavy (non-hydrogen) atoms. The van der Waals surface area contributed by atoms with Crippen LogP contribution < -0.4 is 4.74 Å². The van der Waals surface area contributed by atoms with Crippen molar-refractivity contribution >= 4 is 16.8 Å². The van der Waals surface area contributed by atoms with Crippen molar-refractivity contribution in [3.8, 4) is 5.75 Å². The lowest BCUT2D eigenvalue weighted by atomic mass is 9.94. The summed E-state index contributed by atoms with van der Waals surface area (Å²) in [6.45, 7) is 0.727. The van der Waals surface area contributed by atoms with E-state index in [4.69, 9.17) is 4.74 Å². The zero-order valence-electron chi connectivity index (χ0n) is 14.6. The van der Waals surface area contributed by atoms with Gasteiger partial charge in [0.25, 0.3) is 5.91 Å². The highest BCUT2D eigenvalue weighted by Crippen LogP contribution is 2.50. The Bertz CT molecular complexity index is 924. The fourth-order valence-electron chi connectivity index (χ4n) is 3.68. The van der Waals surface area contributed by atoms with E-state index in [1.54, 1.807) is 13.2 Å². The van der Waals surface area contributed by atoms with Gasteiger partial charge in [-0.25, -0.2) is 0 Å². The number of methoxy groups -OCH3 is 1. The van der Waals surface area contributed by atoms with Crippen molar-refractivity contribution in [3.05, 3.63) is 65.9 Å². The zero-order chi connectivity index (χ0) is 17.4. The summed E-state index contributed by atoms with van der Waals surface area (Å²) in [6.07, 6.45) is 4.34. The highest BCUT2D eigenvalue weighted by atomic mass is 16.5. The van der Waals surface area contributed by atoms with E-state index < -0.39 is 0 Å². The molecule has 128 valence electrons. The van der Waals surface area contributed by atoms with Gasteiger partial charge in [0.1, 0.15) is 5.75 Å². The molecule has 1 fully saturated rings. The predicted molar refractivity (Wildman–Crippen MR) is 99.2 cm³/mol. The van der Waals surface area contributed by atoms with E-state index >= 15 is 0 Å². The predicted octanol–water partition coefficient (Wildman–Crippen LogP) is 3.98. The third-order valence-corrected chi connectivity index (χ3v) is 5.22. The highest BCUT2D eigenvalue weighted by Gasteiger charge is 2.47. The summed E-state index contributed by atoms with van der Waals surface area (Å²) in [5.41, 5.74) is 3.22. The van der Waals surface area contributed by atoms with Crippen LogP contribution in [0.3, 0.4) is 0 Å². The normalized spacial score (nSPS) is 15.1. The molecule has 1 aliphatic carbocycles. The van der Waals surface area contributed by atoms with Gasteiger partial charge in [-0.15, -0.1) is 0 Å². The quantitative estimate of drug-likeness (QED) is 0.767.